The van der Waals surface area contributed by atoms with Gasteiger partial charge in [-0.1, -0.05) is 11.6 Å². The Hall–Kier alpha value is -1.90. The number of likely N-dealkylation sites (N-methyl/N-ethyl adjacent to an activating group) is 1. The van der Waals surface area contributed by atoms with Crippen LogP contribution in [0.3, 0.4) is 0 Å². The van der Waals surface area contributed by atoms with E-state index in [9.17, 15) is 9.65 Å². The van der Waals surface area contributed by atoms with Gasteiger partial charge in [0.2, 0.25) is 0 Å². The van der Waals surface area contributed by atoms with Crippen LogP contribution in [0.4, 0.5) is 4.39 Å². The summed E-state index contributed by atoms with van der Waals surface area (Å²) in [5.74, 6) is -0.461. The van der Waals surface area contributed by atoms with E-state index in [0.29, 0.717) is 17.9 Å². The summed E-state index contributed by atoms with van der Waals surface area (Å²) in [6.07, 6.45) is 0.801. The van der Waals surface area contributed by atoms with Crippen molar-refractivity contribution in [1.29, 1.82) is 5.26 Å². The fourth-order valence-electron chi connectivity index (χ4n) is 2.47. The lowest BCUT2D eigenvalue weighted by atomic mass is 10.1. The summed E-state index contributed by atoms with van der Waals surface area (Å²) in [6.45, 7) is 1.60. The molecule has 1 aromatic heterocycles. The molecule has 1 aliphatic rings. The molecule has 4 nitrogen and oxygen atoms in total. The third-order valence-electron chi connectivity index (χ3n) is 3.50. The predicted octanol–water partition coefficient (Wildman–Crippen LogP) is 2.52. The summed E-state index contributed by atoms with van der Waals surface area (Å²) >= 11 is 5.82. The average Bonchev–Trinajstić information content (AvgIpc) is 2.79. The SMILES string of the molecule is CN1CCc2c(c(C#N)nn2-c2ccc(F)c(Cl)c2)C1. The largest absolute Gasteiger partial charge is 0.302 e. The van der Waals surface area contributed by atoms with Crippen LogP contribution in [0.2, 0.25) is 5.02 Å². The molecule has 0 radical (unpaired) electrons. The Morgan fingerprint density at radius 3 is 2.95 bits per heavy atom. The van der Waals surface area contributed by atoms with Crippen molar-refractivity contribution < 1.29 is 4.39 Å². The third kappa shape index (κ3) is 2.07. The molecular weight excluding hydrogens is 279 g/mol. The molecule has 20 heavy (non-hydrogen) atoms. The predicted molar refractivity (Wildman–Crippen MR) is 73.3 cm³/mol. The summed E-state index contributed by atoms with van der Waals surface area (Å²) in [7, 11) is 2.01. The molecule has 1 aromatic carbocycles. The molecule has 0 fully saturated rings. The monoisotopic (exact) mass is 290 g/mol. The molecule has 102 valence electrons. The highest BCUT2D eigenvalue weighted by Gasteiger charge is 2.24. The van der Waals surface area contributed by atoms with E-state index in [0.717, 1.165) is 24.2 Å². The van der Waals surface area contributed by atoms with Crippen LogP contribution in [0.15, 0.2) is 18.2 Å². The molecule has 6 heteroatoms. The van der Waals surface area contributed by atoms with Crippen molar-refractivity contribution >= 4 is 11.6 Å². The first-order valence-electron chi connectivity index (χ1n) is 6.25. The maximum Gasteiger partial charge on any atom is 0.167 e. The molecule has 0 aliphatic carbocycles. The second kappa shape index (κ2) is 4.89. The number of hydrogen-bond donors (Lipinski definition) is 0. The molecule has 0 saturated carbocycles. The Morgan fingerprint density at radius 1 is 1.45 bits per heavy atom. The van der Waals surface area contributed by atoms with E-state index in [2.05, 4.69) is 16.1 Å². The maximum absolute atomic E-state index is 13.3. The molecule has 0 amide bonds. The molecule has 0 bridgehead atoms. The fourth-order valence-corrected chi connectivity index (χ4v) is 2.65. The fraction of sp³-hybridized carbons (Fsp3) is 0.286. The molecule has 3 rings (SSSR count). The number of rotatable bonds is 1. The minimum Gasteiger partial charge on any atom is -0.302 e. The first kappa shape index (κ1) is 13.1. The number of nitrogens with zero attached hydrogens (tertiary/aromatic N) is 4. The van der Waals surface area contributed by atoms with Gasteiger partial charge in [0.05, 0.1) is 16.4 Å². The van der Waals surface area contributed by atoms with Crippen LogP contribution in [0, 0.1) is 17.1 Å². The lowest BCUT2D eigenvalue weighted by molar-refractivity contribution is 0.310. The topological polar surface area (TPSA) is 44.9 Å². The van der Waals surface area contributed by atoms with Crippen LogP contribution < -0.4 is 0 Å². The number of fused-ring (bicyclic) bond motifs is 1. The zero-order valence-corrected chi connectivity index (χ0v) is 11.7. The van der Waals surface area contributed by atoms with Gasteiger partial charge in [-0.25, -0.2) is 9.07 Å². The van der Waals surface area contributed by atoms with E-state index in [1.54, 1.807) is 10.7 Å². The van der Waals surface area contributed by atoms with Gasteiger partial charge in [0.25, 0.3) is 0 Å². The van der Waals surface area contributed by atoms with Crippen LogP contribution in [0.5, 0.6) is 0 Å². The average molecular weight is 291 g/mol. The minimum atomic E-state index is -0.461. The van der Waals surface area contributed by atoms with Crippen molar-refractivity contribution in [3.63, 3.8) is 0 Å². The van der Waals surface area contributed by atoms with Gasteiger partial charge < -0.3 is 4.90 Å². The molecular formula is C14H12ClFN4. The van der Waals surface area contributed by atoms with Crippen molar-refractivity contribution in [2.45, 2.75) is 13.0 Å². The Morgan fingerprint density at radius 2 is 2.25 bits per heavy atom. The summed E-state index contributed by atoms with van der Waals surface area (Å²) in [6, 6.07) is 6.59. The van der Waals surface area contributed by atoms with E-state index in [-0.39, 0.29) is 5.02 Å². The van der Waals surface area contributed by atoms with Crippen LogP contribution in [0.1, 0.15) is 17.0 Å². The summed E-state index contributed by atoms with van der Waals surface area (Å²) < 4.78 is 15.0. The highest BCUT2D eigenvalue weighted by molar-refractivity contribution is 6.30. The number of aromatic nitrogens is 2. The first-order valence-corrected chi connectivity index (χ1v) is 6.63. The minimum absolute atomic E-state index is 0.0539. The van der Waals surface area contributed by atoms with Crippen LogP contribution >= 0.6 is 11.6 Å². The van der Waals surface area contributed by atoms with Crippen LogP contribution in [0.25, 0.3) is 5.69 Å². The molecule has 0 unspecified atom stereocenters. The molecule has 1 aliphatic heterocycles. The quantitative estimate of drug-likeness (QED) is 0.811. The lowest BCUT2D eigenvalue weighted by Crippen LogP contribution is -2.27. The second-order valence-corrected chi connectivity index (χ2v) is 5.29. The van der Waals surface area contributed by atoms with E-state index in [1.165, 1.54) is 12.1 Å². The smallest absolute Gasteiger partial charge is 0.167 e. The molecule has 0 atom stereocenters. The van der Waals surface area contributed by atoms with Crippen molar-refractivity contribution in [3.8, 4) is 11.8 Å². The molecule has 0 saturated heterocycles. The van der Waals surface area contributed by atoms with Crippen molar-refractivity contribution in [2.75, 3.05) is 13.6 Å². The van der Waals surface area contributed by atoms with Gasteiger partial charge in [-0.2, -0.15) is 10.4 Å². The molecule has 0 N–H and O–H groups in total. The number of nitriles is 1. The Kier molecular flexibility index (Phi) is 3.20. The van der Waals surface area contributed by atoms with E-state index in [1.807, 2.05) is 7.05 Å². The van der Waals surface area contributed by atoms with Gasteiger partial charge >= 0.3 is 0 Å². The third-order valence-corrected chi connectivity index (χ3v) is 3.79. The Balaban J connectivity index is 2.15. The van der Waals surface area contributed by atoms with Crippen molar-refractivity contribution in [2.24, 2.45) is 0 Å². The van der Waals surface area contributed by atoms with E-state index < -0.39 is 5.82 Å². The highest BCUT2D eigenvalue weighted by Crippen LogP contribution is 2.26. The summed E-state index contributed by atoms with van der Waals surface area (Å²) in [4.78, 5) is 2.15. The van der Waals surface area contributed by atoms with Gasteiger partial charge in [0.1, 0.15) is 11.9 Å². The zero-order chi connectivity index (χ0) is 14.3. The van der Waals surface area contributed by atoms with Crippen molar-refractivity contribution in [1.82, 2.24) is 14.7 Å². The van der Waals surface area contributed by atoms with Crippen LogP contribution in [-0.4, -0.2) is 28.3 Å². The van der Waals surface area contributed by atoms with E-state index >= 15 is 0 Å². The Labute approximate surface area is 121 Å². The normalized spacial score (nSPS) is 14.9. The van der Waals surface area contributed by atoms with Gasteiger partial charge in [-0.15, -0.1) is 0 Å². The highest BCUT2D eigenvalue weighted by atomic mass is 35.5. The van der Waals surface area contributed by atoms with Crippen molar-refractivity contribution in [3.05, 3.63) is 46.0 Å². The maximum atomic E-state index is 13.3. The number of hydrogen-bond acceptors (Lipinski definition) is 3. The number of benzene rings is 1. The van der Waals surface area contributed by atoms with Crippen LogP contribution in [-0.2, 0) is 13.0 Å². The Bertz CT molecular complexity index is 717. The summed E-state index contributed by atoms with van der Waals surface area (Å²) in [5, 5.41) is 13.6. The number of halogens is 2. The van der Waals surface area contributed by atoms with Gasteiger partial charge in [-0.05, 0) is 25.2 Å². The lowest BCUT2D eigenvalue weighted by Gasteiger charge is -2.23. The zero-order valence-electron chi connectivity index (χ0n) is 10.9. The standard InChI is InChI=1S/C14H12ClFN4/c1-19-5-4-14-10(8-19)13(7-17)18-20(14)9-2-3-12(16)11(15)6-9/h2-3,6H,4-5,8H2,1H3. The first-order chi connectivity index (χ1) is 9.60. The molecule has 0 spiro atoms. The second-order valence-electron chi connectivity index (χ2n) is 4.88. The van der Waals surface area contributed by atoms with Gasteiger partial charge in [0.15, 0.2) is 5.69 Å². The molecule has 2 heterocycles. The molecule has 2 aromatic rings. The van der Waals surface area contributed by atoms with E-state index in [4.69, 9.17) is 11.6 Å². The summed E-state index contributed by atoms with van der Waals surface area (Å²) in [5.41, 5.74) is 3.05. The van der Waals surface area contributed by atoms with Gasteiger partial charge in [0, 0.05) is 25.1 Å². The van der Waals surface area contributed by atoms with Gasteiger partial charge in [-0.3, -0.25) is 0 Å².